The van der Waals surface area contributed by atoms with Crippen molar-refractivity contribution >= 4 is 0 Å². The van der Waals surface area contributed by atoms with Crippen molar-refractivity contribution in [1.29, 1.82) is 0 Å². The summed E-state index contributed by atoms with van der Waals surface area (Å²) < 4.78 is 0. The highest BCUT2D eigenvalue weighted by atomic mass is 14.6. The molecule has 0 amide bonds. The SMILES string of the molecule is C=CCC(C)C(=C)N. The molecule has 0 saturated carbocycles. The molecule has 2 N–H and O–H groups in total. The largest absolute Gasteiger partial charge is 0.402 e. The Balaban J connectivity index is 3.46. The van der Waals surface area contributed by atoms with Crippen LogP contribution in [0.25, 0.3) is 0 Å². The molecule has 1 atom stereocenters. The van der Waals surface area contributed by atoms with E-state index in [2.05, 4.69) is 13.2 Å². The first-order chi connectivity index (χ1) is 3.68. The smallest absolute Gasteiger partial charge is 0.00393 e. The first kappa shape index (κ1) is 7.28. The second-order valence-electron chi connectivity index (χ2n) is 2.00. The number of rotatable bonds is 3. The fourth-order valence-corrected chi connectivity index (χ4v) is 0.401. The van der Waals surface area contributed by atoms with Crippen LogP contribution in [0, 0.1) is 5.92 Å². The van der Waals surface area contributed by atoms with E-state index in [1.54, 1.807) is 0 Å². The van der Waals surface area contributed by atoms with Crippen molar-refractivity contribution in [2.45, 2.75) is 13.3 Å². The average Bonchev–Trinajstić information content (AvgIpc) is 1.67. The summed E-state index contributed by atoms with van der Waals surface area (Å²) in [7, 11) is 0. The summed E-state index contributed by atoms with van der Waals surface area (Å²) in [6.07, 6.45) is 2.78. The Morgan fingerprint density at radius 1 is 1.88 bits per heavy atom. The van der Waals surface area contributed by atoms with Crippen LogP contribution >= 0.6 is 0 Å². The maximum absolute atomic E-state index is 5.38. The first-order valence-corrected chi connectivity index (χ1v) is 2.73. The fourth-order valence-electron chi connectivity index (χ4n) is 0.401. The predicted molar refractivity (Wildman–Crippen MR) is 37.3 cm³/mol. The monoisotopic (exact) mass is 111 g/mol. The molecule has 0 radical (unpaired) electrons. The molecular formula is C7H13N. The zero-order chi connectivity index (χ0) is 6.57. The van der Waals surface area contributed by atoms with E-state index in [9.17, 15) is 0 Å². The molecular weight excluding hydrogens is 98.1 g/mol. The van der Waals surface area contributed by atoms with Gasteiger partial charge in [0.05, 0.1) is 0 Å². The average molecular weight is 111 g/mol. The van der Waals surface area contributed by atoms with Crippen molar-refractivity contribution in [2.24, 2.45) is 11.7 Å². The molecule has 1 heteroatoms. The third-order valence-electron chi connectivity index (χ3n) is 1.15. The topological polar surface area (TPSA) is 26.0 Å². The Kier molecular flexibility index (Phi) is 3.01. The van der Waals surface area contributed by atoms with Crippen LogP contribution in [-0.4, -0.2) is 0 Å². The van der Waals surface area contributed by atoms with Crippen LogP contribution in [0.2, 0.25) is 0 Å². The quantitative estimate of drug-likeness (QED) is 0.551. The molecule has 8 heavy (non-hydrogen) atoms. The zero-order valence-electron chi connectivity index (χ0n) is 5.35. The van der Waals surface area contributed by atoms with Gasteiger partial charge in [-0.3, -0.25) is 0 Å². The van der Waals surface area contributed by atoms with Crippen LogP contribution in [0.5, 0.6) is 0 Å². The van der Waals surface area contributed by atoms with E-state index >= 15 is 0 Å². The molecule has 0 aliphatic rings. The molecule has 0 fully saturated rings. The lowest BCUT2D eigenvalue weighted by molar-refractivity contribution is 0.690. The van der Waals surface area contributed by atoms with Gasteiger partial charge >= 0.3 is 0 Å². The minimum Gasteiger partial charge on any atom is -0.402 e. The molecule has 0 rings (SSSR count). The van der Waals surface area contributed by atoms with Gasteiger partial charge in [-0.1, -0.05) is 19.6 Å². The number of nitrogens with two attached hydrogens (primary N) is 1. The van der Waals surface area contributed by atoms with Crippen molar-refractivity contribution in [3.63, 3.8) is 0 Å². The van der Waals surface area contributed by atoms with Gasteiger partial charge in [0.25, 0.3) is 0 Å². The Bertz CT molecular complexity index is 94.6. The second-order valence-corrected chi connectivity index (χ2v) is 2.00. The summed E-state index contributed by atoms with van der Waals surface area (Å²) in [5, 5.41) is 0. The van der Waals surface area contributed by atoms with Gasteiger partial charge in [-0.2, -0.15) is 0 Å². The summed E-state index contributed by atoms with van der Waals surface area (Å²) in [4.78, 5) is 0. The Hall–Kier alpha value is -0.720. The maximum atomic E-state index is 5.38. The van der Waals surface area contributed by atoms with Crippen molar-refractivity contribution in [3.8, 4) is 0 Å². The van der Waals surface area contributed by atoms with Gasteiger partial charge < -0.3 is 5.73 Å². The van der Waals surface area contributed by atoms with E-state index in [0.29, 0.717) is 5.92 Å². The third kappa shape index (κ3) is 2.45. The Morgan fingerprint density at radius 2 is 2.38 bits per heavy atom. The number of hydrogen-bond acceptors (Lipinski definition) is 1. The lowest BCUT2D eigenvalue weighted by Gasteiger charge is -2.04. The van der Waals surface area contributed by atoms with Crippen molar-refractivity contribution in [1.82, 2.24) is 0 Å². The fraction of sp³-hybridized carbons (Fsp3) is 0.429. The molecule has 0 bridgehead atoms. The summed E-state index contributed by atoms with van der Waals surface area (Å²) in [5.74, 6) is 0.382. The lowest BCUT2D eigenvalue weighted by atomic mass is 10.1. The highest BCUT2D eigenvalue weighted by molar-refractivity contribution is 4.94. The molecule has 1 unspecified atom stereocenters. The van der Waals surface area contributed by atoms with Gasteiger partial charge in [-0.05, 0) is 12.3 Å². The molecule has 0 aromatic carbocycles. The number of hydrogen-bond donors (Lipinski definition) is 1. The second kappa shape index (κ2) is 3.30. The third-order valence-corrected chi connectivity index (χ3v) is 1.15. The van der Waals surface area contributed by atoms with E-state index < -0.39 is 0 Å². The molecule has 0 spiro atoms. The molecule has 46 valence electrons. The molecule has 1 nitrogen and oxygen atoms in total. The van der Waals surface area contributed by atoms with Gasteiger partial charge in [-0.25, -0.2) is 0 Å². The summed E-state index contributed by atoms with van der Waals surface area (Å²) >= 11 is 0. The van der Waals surface area contributed by atoms with Crippen molar-refractivity contribution in [3.05, 3.63) is 24.9 Å². The normalized spacial score (nSPS) is 12.6. The summed E-state index contributed by atoms with van der Waals surface area (Å²) in [6, 6.07) is 0. The standard InChI is InChI=1S/C7H13N/c1-4-5-6(2)7(3)8/h4,6H,1,3,5,8H2,2H3. The van der Waals surface area contributed by atoms with Crippen LogP contribution in [0.1, 0.15) is 13.3 Å². The Labute approximate surface area is 50.9 Å². The maximum Gasteiger partial charge on any atom is 0.00393 e. The van der Waals surface area contributed by atoms with Crippen molar-refractivity contribution in [2.75, 3.05) is 0 Å². The molecule has 0 aromatic heterocycles. The van der Waals surface area contributed by atoms with Crippen LogP contribution in [0.15, 0.2) is 24.9 Å². The van der Waals surface area contributed by atoms with Gasteiger partial charge in [-0.15, -0.1) is 6.58 Å². The highest BCUT2D eigenvalue weighted by Crippen LogP contribution is 2.06. The highest BCUT2D eigenvalue weighted by Gasteiger charge is 1.97. The van der Waals surface area contributed by atoms with Crippen LogP contribution in [0.3, 0.4) is 0 Å². The summed E-state index contributed by atoms with van der Waals surface area (Å²) in [5.41, 5.74) is 6.12. The lowest BCUT2D eigenvalue weighted by Crippen LogP contribution is -2.05. The van der Waals surface area contributed by atoms with Crippen LogP contribution in [-0.2, 0) is 0 Å². The summed E-state index contributed by atoms with van der Waals surface area (Å²) in [6.45, 7) is 9.22. The molecule has 0 aliphatic heterocycles. The van der Waals surface area contributed by atoms with E-state index in [0.717, 1.165) is 12.1 Å². The van der Waals surface area contributed by atoms with Crippen LogP contribution < -0.4 is 5.73 Å². The van der Waals surface area contributed by atoms with Gasteiger partial charge in [0.2, 0.25) is 0 Å². The van der Waals surface area contributed by atoms with E-state index in [-0.39, 0.29) is 0 Å². The first-order valence-electron chi connectivity index (χ1n) is 2.73. The molecule has 0 aliphatic carbocycles. The molecule has 0 heterocycles. The molecule has 0 aromatic rings. The van der Waals surface area contributed by atoms with Crippen molar-refractivity contribution < 1.29 is 0 Å². The zero-order valence-corrected chi connectivity index (χ0v) is 5.35. The molecule has 0 saturated heterocycles. The Morgan fingerprint density at radius 3 is 2.50 bits per heavy atom. The number of allylic oxidation sites excluding steroid dienone is 2. The minimum absolute atomic E-state index is 0.382. The predicted octanol–water partition coefficient (Wildman–Crippen LogP) is 1.67. The van der Waals surface area contributed by atoms with E-state index in [1.165, 1.54) is 0 Å². The van der Waals surface area contributed by atoms with E-state index in [1.807, 2.05) is 13.0 Å². The van der Waals surface area contributed by atoms with Gasteiger partial charge in [0.15, 0.2) is 0 Å². The van der Waals surface area contributed by atoms with E-state index in [4.69, 9.17) is 5.73 Å². The minimum atomic E-state index is 0.382. The van der Waals surface area contributed by atoms with Gasteiger partial charge in [0, 0.05) is 5.70 Å². The van der Waals surface area contributed by atoms with Crippen LogP contribution in [0.4, 0.5) is 0 Å². The van der Waals surface area contributed by atoms with Gasteiger partial charge in [0.1, 0.15) is 0 Å².